The molecule has 1 unspecified atom stereocenters. The summed E-state index contributed by atoms with van der Waals surface area (Å²) in [5.74, 6) is -0.695. The predicted molar refractivity (Wildman–Crippen MR) is 37.9 cm³/mol. The molecule has 0 aliphatic carbocycles. The molecule has 58 valence electrons. The molecule has 0 aromatic heterocycles. The van der Waals surface area contributed by atoms with Gasteiger partial charge in [-0.15, -0.1) is 0 Å². The molecule has 0 saturated carbocycles. The van der Waals surface area contributed by atoms with Crippen LogP contribution in [0.3, 0.4) is 0 Å². The average molecular weight is 143 g/mol. The number of carboxylic acids is 1. The van der Waals surface area contributed by atoms with Gasteiger partial charge in [-0.05, 0) is 19.9 Å². The van der Waals surface area contributed by atoms with Crippen LogP contribution in [-0.4, -0.2) is 35.1 Å². The SMILES string of the molecule is CC1CCN1CCC(=O)O. The molecule has 0 radical (unpaired) electrons. The van der Waals surface area contributed by atoms with Crippen molar-refractivity contribution in [1.29, 1.82) is 0 Å². The van der Waals surface area contributed by atoms with Crippen LogP contribution >= 0.6 is 0 Å². The fourth-order valence-corrected chi connectivity index (χ4v) is 1.14. The molecule has 1 aliphatic rings. The Morgan fingerprint density at radius 1 is 1.80 bits per heavy atom. The third-order valence-corrected chi connectivity index (χ3v) is 2.07. The monoisotopic (exact) mass is 143 g/mol. The highest BCUT2D eigenvalue weighted by Gasteiger charge is 2.22. The molecule has 1 atom stereocenters. The number of hydrogen-bond acceptors (Lipinski definition) is 2. The third kappa shape index (κ3) is 1.70. The summed E-state index contributed by atoms with van der Waals surface area (Å²) in [4.78, 5) is 12.3. The van der Waals surface area contributed by atoms with E-state index in [0.717, 1.165) is 13.1 Å². The lowest BCUT2D eigenvalue weighted by Gasteiger charge is -2.38. The van der Waals surface area contributed by atoms with Crippen LogP contribution in [0.2, 0.25) is 0 Å². The van der Waals surface area contributed by atoms with Gasteiger partial charge in [-0.25, -0.2) is 0 Å². The van der Waals surface area contributed by atoms with E-state index in [1.807, 2.05) is 0 Å². The van der Waals surface area contributed by atoms with Gasteiger partial charge in [-0.2, -0.15) is 0 Å². The summed E-state index contributed by atoms with van der Waals surface area (Å²) in [6.07, 6.45) is 1.50. The predicted octanol–water partition coefficient (Wildman–Crippen LogP) is 0.555. The van der Waals surface area contributed by atoms with Crippen LogP contribution in [0.15, 0.2) is 0 Å². The number of hydrogen-bond donors (Lipinski definition) is 1. The van der Waals surface area contributed by atoms with E-state index in [2.05, 4.69) is 11.8 Å². The van der Waals surface area contributed by atoms with E-state index >= 15 is 0 Å². The summed E-state index contributed by atoms with van der Waals surface area (Å²) >= 11 is 0. The lowest BCUT2D eigenvalue weighted by atomic mass is 10.1. The molecule has 1 rings (SSSR count). The molecule has 1 fully saturated rings. The molecule has 0 aromatic carbocycles. The highest BCUT2D eigenvalue weighted by molar-refractivity contribution is 5.66. The van der Waals surface area contributed by atoms with Gasteiger partial charge in [0.15, 0.2) is 0 Å². The number of rotatable bonds is 3. The van der Waals surface area contributed by atoms with Gasteiger partial charge in [0.05, 0.1) is 6.42 Å². The van der Waals surface area contributed by atoms with E-state index in [1.165, 1.54) is 6.42 Å². The molecule has 1 N–H and O–H groups in total. The van der Waals surface area contributed by atoms with E-state index in [1.54, 1.807) is 0 Å². The van der Waals surface area contributed by atoms with Gasteiger partial charge in [-0.1, -0.05) is 0 Å². The Labute approximate surface area is 60.6 Å². The van der Waals surface area contributed by atoms with Gasteiger partial charge in [0.25, 0.3) is 0 Å². The Hall–Kier alpha value is -0.570. The molecule has 3 nitrogen and oxygen atoms in total. The molecule has 0 amide bonds. The van der Waals surface area contributed by atoms with Gasteiger partial charge >= 0.3 is 5.97 Å². The first-order valence-corrected chi connectivity index (χ1v) is 3.66. The number of carboxylic acid groups (broad SMARTS) is 1. The van der Waals surface area contributed by atoms with Crippen molar-refractivity contribution >= 4 is 5.97 Å². The minimum Gasteiger partial charge on any atom is -0.481 e. The lowest BCUT2D eigenvalue weighted by Crippen LogP contribution is -2.46. The van der Waals surface area contributed by atoms with Crippen molar-refractivity contribution in [3.8, 4) is 0 Å². The van der Waals surface area contributed by atoms with Crippen LogP contribution in [0.5, 0.6) is 0 Å². The summed E-state index contributed by atoms with van der Waals surface area (Å²) in [6.45, 7) is 3.93. The minimum atomic E-state index is -0.695. The van der Waals surface area contributed by atoms with Gasteiger partial charge < -0.3 is 5.11 Å². The molecule has 1 aliphatic heterocycles. The Morgan fingerprint density at radius 2 is 2.50 bits per heavy atom. The van der Waals surface area contributed by atoms with Gasteiger partial charge in [0.2, 0.25) is 0 Å². The maximum absolute atomic E-state index is 10.1. The number of carbonyl (C=O) groups is 1. The summed E-state index contributed by atoms with van der Waals surface area (Å²) in [5, 5.41) is 8.34. The van der Waals surface area contributed by atoms with Crippen LogP contribution in [0.25, 0.3) is 0 Å². The maximum Gasteiger partial charge on any atom is 0.304 e. The first kappa shape index (κ1) is 7.54. The number of nitrogens with zero attached hydrogens (tertiary/aromatic N) is 1. The molecule has 10 heavy (non-hydrogen) atoms. The van der Waals surface area contributed by atoms with E-state index in [-0.39, 0.29) is 6.42 Å². The largest absolute Gasteiger partial charge is 0.481 e. The Balaban J connectivity index is 2.08. The highest BCUT2D eigenvalue weighted by Crippen LogP contribution is 2.15. The topological polar surface area (TPSA) is 40.5 Å². The second-order valence-electron chi connectivity index (χ2n) is 2.82. The summed E-state index contributed by atoms with van der Waals surface area (Å²) in [7, 11) is 0. The zero-order chi connectivity index (χ0) is 7.56. The van der Waals surface area contributed by atoms with Crippen molar-refractivity contribution in [3.05, 3.63) is 0 Å². The summed E-state index contributed by atoms with van der Waals surface area (Å²) in [5.41, 5.74) is 0. The van der Waals surface area contributed by atoms with E-state index in [9.17, 15) is 4.79 Å². The van der Waals surface area contributed by atoms with E-state index in [4.69, 9.17) is 5.11 Å². The van der Waals surface area contributed by atoms with Gasteiger partial charge in [0.1, 0.15) is 0 Å². The number of aliphatic carboxylic acids is 1. The van der Waals surface area contributed by atoms with Crippen molar-refractivity contribution in [1.82, 2.24) is 4.90 Å². The number of likely N-dealkylation sites (tertiary alicyclic amines) is 1. The Kier molecular flexibility index (Phi) is 2.27. The smallest absolute Gasteiger partial charge is 0.304 e. The zero-order valence-corrected chi connectivity index (χ0v) is 6.21. The van der Waals surface area contributed by atoms with Crippen LogP contribution in [0.1, 0.15) is 19.8 Å². The van der Waals surface area contributed by atoms with Gasteiger partial charge in [-0.3, -0.25) is 9.69 Å². The first-order chi connectivity index (χ1) is 4.70. The molecular weight excluding hydrogens is 130 g/mol. The lowest BCUT2D eigenvalue weighted by molar-refractivity contribution is -0.137. The summed E-state index contributed by atoms with van der Waals surface area (Å²) < 4.78 is 0. The van der Waals surface area contributed by atoms with Crippen LogP contribution in [0.4, 0.5) is 0 Å². The molecule has 1 heterocycles. The van der Waals surface area contributed by atoms with Crippen molar-refractivity contribution in [2.24, 2.45) is 0 Å². The van der Waals surface area contributed by atoms with Crippen LogP contribution in [-0.2, 0) is 4.79 Å². The van der Waals surface area contributed by atoms with Crippen LogP contribution in [0, 0.1) is 0 Å². The first-order valence-electron chi connectivity index (χ1n) is 3.66. The Morgan fingerprint density at radius 3 is 2.80 bits per heavy atom. The second kappa shape index (κ2) is 3.01. The summed E-state index contributed by atoms with van der Waals surface area (Å²) in [6, 6.07) is 0.611. The Bertz CT molecular complexity index is 136. The van der Waals surface area contributed by atoms with Gasteiger partial charge in [0, 0.05) is 12.6 Å². The fourth-order valence-electron chi connectivity index (χ4n) is 1.14. The fraction of sp³-hybridized carbons (Fsp3) is 0.857. The third-order valence-electron chi connectivity index (χ3n) is 2.07. The quantitative estimate of drug-likeness (QED) is 0.627. The highest BCUT2D eigenvalue weighted by atomic mass is 16.4. The molecule has 1 saturated heterocycles. The standard InChI is InChI=1S/C7H13NO2/c1-6-2-4-8(6)5-3-7(9)10/h6H,2-5H2,1H3,(H,9,10). The maximum atomic E-state index is 10.1. The van der Waals surface area contributed by atoms with E-state index in [0.29, 0.717) is 6.04 Å². The molecule has 3 heteroatoms. The second-order valence-corrected chi connectivity index (χ2v) is 2.82. The van der Waals surface area contributed by atoms with Crippen molar-refractivity contribution < 1.29 is 9.90 Å². The van der Waals surface area contributed by atoms with Crippen molar-refractivity contribution in [2.75, 3.05) is 13.1 Å². The molecule has 0 bridgehead atoms. The molecule has 0 aromatic rings. The average Bonchev–Trinajstić information content (AvgIpc) is 1.84. The zero-order valence-electron chi connectivity index (χ0n) is 6.21. The van der Waals surface area contributed by atoms with Crippen molar-refractivity contribution in [2.45, 2.75) is 25.8 Å². The normalized spacial score (nSPS) is 25.9. The van der Waals surface area contributed by atoms with E-state index < -0.39 is 5.97 Å². The van der Waals surface area contributed by atoms with Crippen LogP contribution < -0.4 is 0 Å². The molecular formula is C7H13NO2. The molecule has 0 spiro atoms. The van der Waals surface area contributed by atoms with Crippen molar-refractivity contribution in [3.63, 3.8) is 0 Å². The minimum absolute atomic E-state index is 0.282.